The number of aliphatic hydroxyl groups is 1. The Hall–Kier alpha value is -4.52. The van der Waals surface area contributed by atoms with E-state index in [9.17, 15) is 19.8 Å². The number of phenols is 1. The molecule has 0 bridgehead atoms. The highest BCUT2D eigenvalue weighted by molar-refractivity contribution is 6.52. The number of Topliss-reactive ketones (excluding diaryl/α,β-unsaturated/α-hetero) is 1. The van der Waals surface area contributed by atoms with Gasteiger partial charge in [0.15, 0.2) is 0 Å². The molecule has 0 aliphatic carbocycles. The summed E-state index contributed by atoms with van der Waals surface area (Å²) in [6.45, 7) is 5.85. The Kier molecular flexibility index (Phi) is 5.99. The molecular weight excluding hydrogens is 468 g/mol. The number of aromatic nitrogens is 1. The number of anilines is 1. The lowest BCUT2D eigenvalue weighted by molar-refractivity contribution is -0.132. The number of H-pyrrole nitrogens is 1. The number of benzene rings is 3. The number of aromatic hydroxyl groups is 1. The summed E-state index contributed by atoms with van der Waals surface area (Å²) in [6, 6.07) is 16.6. The second-order valence-electron chi connectivity index (χ2n) is 9.51. The molecule has 1 aliphatic heterocycles. The van der Waals surface area contributed by atoms with E-state index in [0.29, 0.717) is 22.4 Å². The van der Waals surface area contributed by atoms with Crippen molar-refractivity contribution in [2.45, 2.75) is 32.7 Å². The van der Waals surface area contributed by atoms with Crippen molar-refractivity contribution in [1.82, 2.24) is 4.98 Å². The molecule has 4 aromatic rings. The minimum Gasteiger partial charge on any atom is -0.507 e. The molecule has 0 radical (unpaired) electrons. The van der Waals surface area contributed by atoms with E-state index in [1.807, 2.05) is 57.2 Å². The number of nitrogens with zero attached hydrogens (tertiary/aromatic N) is 1. The van der Waals surface area contributed by atoms with E-state index < -0.39 is 17.7 Å². The van der Waals surface area contributed by atoms with Gasteiger partial charge in [-0.1, -0.05) is 44.2 Å². The number of methoxy groups -OCH3 is 1. The molecule has 7 heteroatoms. The Labute approximate surface area is 214 Å². The molecule has 3 N–H and O–H groups in total. The lowest BCUT2D eigenvalue weighted by atomic mass is 9.91. The molecule has 5 rings (SSSR count). The molecule has 1 unspecified atom stereocenters. The molecule has 0 saturated carbocycles. The summed E-state index contributed by atoms with van der Waals surface area (Å²) in [4.78, 5) is 31.5. The quantitative estimate of drug-likeness (QED) is 0.180. The van der Waals surface area contributed by atoms with Crippen LogP contribution in [0.25, 0.3) is 16.7 Å². The number of phenolic OH excluding ortho intramolecular Hbond substituents is 1. The summed E-state index contributed by atoms with van der Waals surface area (Å²) in [7, 11) is 1.59. The maximum Gasteiger partial charge on any atom is 0.300 e. The third-order valence-electron chi connectivity index (χ3n) is 6.96. The van der Waals surface area contributed by atoms with Gasteiger partial charge in [0.2, 0.25) is 0 Å². The number of para-hydroxylation sites is 3. The number of ketones is 1. The van der Waals surface area contributed by atoms with Gasteiger partial charge in [-0.15, -0.1) is 0 Å². The highest BCUT2D eigenvalue weighted by atomic mass is 16.5. The number of nitrogens with one attached hydrogen (secondary N) is 1. The second-order valence-corrected chi connectivity index (χ2v) is 9.51. The van der Waals surface area contributed by atoms with Gasteiger partial charge in [0.25, 0.3) is 11.7 Å². The van der Waals surface area contributed by atoms with Crippen LogP contribution in [-0.4, -0.2) is 34.0 Å². The van der Waals surface area contributed by atoms with Gasteiger partial charge < -0.3 is 19.9 Å². The number of carbonyl (C=O) groups is 2. The lowest BCUT2D eigenvalue weighted by Gasteiger charge is -2.26. The van der Waals surface area contributed by atoms with E-state index >= 15 is 0 Å². The molecule has 1 atom stereocenters. The first-order valence-electron chi connectivity index (χ1n) is 12.1. The number of fused-ring (bicyclic) bond motifs is 1. The van der Waals surface area contributed by atoms with Crippen molar-refractivity contribution in [3.05, 3.63) is 94.7 Å². The van der Waals surface area contributed by atoms with Crippen LogP contribution >= 0.6 is 0 Å². The number of aryl methyl sites for hydroxylation is 1. The molecule has 2 heterocycles. The van der Waals surface area contributed by atoms with Crippen molar-refractivity contribution in [3.63, 3.8) is 0 Å². The zero-order chi connectivity index (χ0) is 26.4. The lowest BCUT2D eigenvalue weighted by Crippen LogP contribution is -2.29. The first kappa shape index (κ1) is 24.2. The van der Waals surface area contributed by atoms with Crippen molar-refractivity contribution in [1.29, 1.82) is 0 Å². The van der Waals surface area contributed by atoms with Crippen LogP contribution in [0.4, 0.5) is 5.69 Å². The zero-order valence-corrected chi connectivity index (χ0v) is 21.1. The number of aromatic amines is 1. The van der Waals surface area contributed by atoms with Crippen LogP contribution in [0, 0.1) is 6.92 Å². The topological polar surface area (TPSA) is 103 Å². The van der Waals surface area contributed by atoms with Gasteiger partial charge in [-0.25, -0.2) is 0 Å². The van der Waals surface area contributed by atoms with E-state index in [2.05, 4.69) is 4.98 Å². The van der Waals surface area contributed by atoms with Crippen LogP contribution in [0.2, 0.25) is 0 Å². The van der Waals surface area contributed by atoms with Gasteiger partial charge in [-0.05, 0) is 54.3 Å². The smallest absolute Gasteiger partial charge is 0.300 e. The van der Waals surface area contributed by atoms with Crippen LogP contribution in [0.1, 0.15) is 48.1 Å². The van der Waals surface area contributed by atoms with Crippen molar-refractivity contribution >= 4 is 34.0 Å². The number of hydrogen-bond donors (Lipinski definition) is 3. The summed E-state index contributed by atoms with van der Waals surface area (Å²) in [5.74, 6) is -1.28. The Bertz CT molecular complexity index is 1580. The highest BCUT2D eigenvalue weighted by Crippen LogP contribution is 2.47. The second kappa shape index (κ2) is 9.17. The highest BCUT2D eigenvalue weighted by Gasteiger charge is 2.48. The third-order valence-corrected chi connectivity index (χ3v) is 6.96. The first-order valence-corrected chi connectivity index (χ1v) is 12.1. The molecule has 37 heavy (non-hydrogen) atoms. The van der Waals surface area contributed by atoms with Gasteiger partial charge in [0, 0.05) is 28.2 Å². The minimum absolute atomic E-state index is 0.0408. The van der Waals surface area contributed by atoms with Crippen molar-refractivity contribution < 1.29 is 24.5 Å². The Morgan fingerprint density at radius 2 is 1.76 bits per heavy atom. The van der Waals surface area contributed by atoms with Crippen molar-refractivity contribution in [2.75, 3.05) is 12.0 Å². The van der Waals surface area contributed by atoms with E-state index in [0.717, 1.165) is 16.5 Å². The molecule has 1 amide bonds. The first-order chi connectivity index (χ1) is 17.7. The van der Waals surface area contributed by atoms with Crippen molar-refractivity contribution in [2.24, 2.45) is 0 Å². The normalized spacial score (nSPS) is 17.2. The summed E-state index contributed by atoms with van der Waals surface area (Å²) in [5, 5.41) is 23.1. The number of amides is 1. The molecule has 7 nitrogen and oxygen atoms in total. The Balaban J connectivity index is 1.81. The van der Waals surface area contributed by atoms with Gasteiger partial charge in [0.1, 0.15) is 17.3 Å². The Morgan fingerprint density at radius 1 is 1.05 bits per heavy atom. The molecule has 3 aromatic carbocycles. The SMILES string of the molecule is COc1cc(C)c(/C(O)=C2\C(=O)C(=O)N(c3ccccc3O)C2c2c[nH]c3ccccc23)cc1C(C)C. The summed E-state index contributed by atoms with van der Waals surface area (Å²) in [5.41, 5.74) is 3.62. The van der Waals surface area contributed by atoms with Crippen LogP contribution in [0.3, 0.4) is 0 Å². The van der Waals surface area contributed by atoms with E-state index in [-0.39, 0.29) is 28.7 Å². The maximum atomic E-state index is 13.6. The predicted octanol–water partition coefficient (Wildman–Crippen LogP) is 5.94. The summed E-state index contributed by atoms with van der Waals surface area (Å²) in [6.07, 6.45) is 1.74. The average Bonchev–Trinajstić information content (AvgIpc) is 3.42. The fourth-order valence-corrected chi connectivity index (χ4v) is 5.09. The largest absolute Gasteiger partial charge is 0.507 e. The number of rotatable bonds is 5. The van der Waals surface area contributed by atoms with Gasteiger partial charge in [0.05, 0.1) is 24.4 Å². The molecule has 0 spiro atoms. The van der Waals surface area contributed by atoms with Crippen molar-refractivity contribution in [3.8, 4) is 11.5 Å². The molecule has 1 aromatic heterocycles. The van der Waals surface area contributed by atoms with E-state index in [4.69, 9.17) is 4.74 Å². The fraction of sp³-hybridized carbons (Fsp3) is 0.200. The van der Waals surface area contributed by atoms with Crippen LogP contribution in [-0.2, 0) is 9.59 Å². The molecule has 188 valence electrons. The number of carbonyl (C=O) groups excluding carboxylic acids is 2. The molecule has 1 fully saturated rings. The van der Waals surface area contributed by atoms with Crippen LogP contribution in [0.15, 0.2) is 72.4 Å². The number of hydrogen-bond acceptors (Lipinski definition) is 5. The third kappa shape index (κ3) is 3.83. The zero-order valence-electron chi connectivity index (χ0n) is 21.1. The maximum absolute atomic E-state index is 13.6. The molecule has 1 saturated heterocycles. The van der Waals surface area contributed by atoms with E-state index in [1.54, 1.807) is 31.5 Å². The van der Waals surface area contributed by atoms with Crippen LogP contribution in [0.5, 0.6) is 11.5 Å². The van der Waals surface area contributed by atoms with Crippen LogP contribution < -0.4 is 9.64 Å². The monoisotopic (exact) mass is 496 g/mol. The molecule has 1 aliphatic rings. The summed E-state index contributed by atoms with van der Waals surface area (Å²) < 4.78 is 5.54. The fourth-order valence-electron chi connectivity index (χ4n) is 5.09. The average molecular weight is 497 g/mol. The molecular formula is C30H28N2O5. The van der Waals surface area contributed by atoms with E-state index in [1.165, 1.54) is 11.0 Å². The van der Waals surface area contributed by atoms with Gasteiger partial charge in [-0.2, -0.15) is 0 Å². The van der Waals surface area contributed by atoms with Gasteiger partial charge >= 0.3 is 0 Å². The number of aliphatic hydroxyl groups excluding tert-OH is 1. The minimum atomic E-state index is -0.964. The number of ether oxygens (including phenoxy) is 1. The predicted molar refractivity (Wildman–Crippen MR) is 143 cm³/mol. The summed E-state index contributed by atoms with van der Waals surface area (Å²) >= 11 is 0. The standard InChI is InChI=1S/C30H28N2O5/c1-16(2)19-14-20(17(3)13-25(19)37-4)28(34)26-27(21-15-31-22-10-6-5-9-18(21)22)32(30(36)29(26)35)23-11-7-8-12-24(23)33/h5-16,27,31,33-34H,1-4H3/b28-26+. The Morgan fingerprint density at radius 3 is 2.46 bits per heavy atom. The van der Waals surface area contributed by atoms with Gasteiger partial charge in [-0.3, -0.25) is 14.5 Å².